The first kappa shape index (κ1) is 18.4. The summed E-state index contributed by atoms with van der Waals surface area (Å²) in [7, 11) is 0. The quantitative estimate of drug-likeness (QED) is 0.763. The normalized spacial score (nSPS) is 21.5. The second-order valence-corrected chi connectivity index (χ2v) is 8.05. The van der Waals surface area contributed by atoms with Crippen LogP contribution in [0.15, 0.2) is 17.5 Å². The maximum absolute atomic E-state index is 12.2. The molecule has 2 unspecified atom stereocenters. The summed E-state index contributed by atoms with van der Waals surface area (Å²) in [5, 5.41) is 8.16. The highest BCUT2D eigenvalue weighted by Gasteiger charge is 2.30. The Labute approximate surface area is 153 Å². The summed E-state index contributed by atoms with van der Waals surface area (Å²) in [5.74, 6) is 0.201. The second kappa shape index (κ2) is 8.29. The molecule has 1 aliphatic carbocycles. The molecule has 1 saturated carbocycles. The minimum absolute atomic E-state index is 0.0555. The summed E-state index contributed by atoms with van der Waals surface area (Å²) in [6.07, 6.45) is 2.23. The number of rotatable bonds is 7. The summed E-state index contributed by atoms with van der Waals surface area (Å²) in [4.78, 5) is 29.9. The Balaban J connectivity index is 1.38. The van der Waals surface area contributed by atoms with E-state index in [1.54, 1.807) is 11.3 Å². The number of piperazine rings is 1. The fourth-order valence-corrected chi connectivity index (χ4v) is 3.86. The molecule has 1 aromatic heterocycles. The van der Waals surface area contributed by atoms with Crippen molar-refractivity contribution in [2.75, 3.05) is 32.7 Å². The van der Waals surface area contributed by atoms with Crippen molar-refractivity contribution in [3.8, 4) is 0 Å². The van der Waals surface area contributed by atoms with Crippen LogP contribution >= 0.6 is 11.3 Å². The van der Waals surface area contributed by atoms with Gasteiger partial charge in [-0.3, -0.25) is 19.4 Å². The molecule has 6 nitrogen and oxygen atoms in total. The van der Waals surface area contributed by atoms with Crippen molar-refractivity contribution in [1.82, 2.24) is 20.4 Å². The molecule has 2 N–H and O–H groups in total. The van der Waals surface area contributed by atoms with Crippen LogP contribution in [0.2, 0.25) is 0 Å². The molecule has 0 bridgehead atoms. The van der Waals surface area contributed by atoms with Gasteiger partial charge in [-0.1, -0.05) is 6.07 Å². The predicted molar refractivity (Wildman–Crippen MR) is 99.5 cm³/mol. The zero-order valence-electron chi connectivity index (χ0n) is 15.0. The molecule has 0 aromatic carbocycles. The third-order valence-electron chi connectivity index (χ3n) is 4.97. The van der Waals surface area contributed by atoms with Gasteiger partial charge in [-0.05, 0) is 38.1 Å². The van der Waals surface area contributed by atoms with E-state index in [9.17, 15) is 9.59 Å². The molecule has 0 spiro atoms. The summed E-state index contributed by atoms with van der Waals surface area (Å²) >= 11 is 1.66. The van der Waals surface area contributed by atoms with Crippen LogP contribution in [0.4, 0.5) is 0 Å². The van der Waals surface area contributed by atoms with Gasteiger partial charge in [0.25, 0.3) is 0 Å². The van der Waals surface area contributed by atoms with Crippen LogP contribution in [0, 0.1) is 0 Å². The topological polar surface area (TPSA) is 64.7 Å². The molecule has 7 heteroatoms. The lowest BCUT2D eigenvalue weighted by Gasteiger charge is -2.37. The van der Waals surface area contributed by atoms with E-state index in [2.05, 4.69) is 20.4 Å². The van der Waals surface area contributed by atoms with Crippen molar-refractivity contribution in [2.45, 2.75) is 44.8 Å². The number of carbonyl (C=O) groups excluding carboxylic acids is 2. The van der Waals surface area contributed by atoms with E-state index in [-0.39, 0.29) is 23.9 Å². The van der Waals surface area contributed by atoms with Crippen molar-refractivity contribution in [1.29, 1.82) is 0 Å². The van der Waals surface area contributed by atoms with Gasteiger partial charge in [0.05, 0.1) is 18.6 Å². The Kier molecular flexibility index (Phi) is 6.09. The number of nitrogens with zero attached hydrogens (tertiary/aromatic N) is 2. The molecule has 2 heterocycles. The molecule has 138 valence electrons. The summed E-state index contributed by atoms with van der Waals surface area (Å²) < 4.78 is 0. The van der Waals surface area contributed by atoms with Crippen LogP contribution in [0.25, 0.3) is 0 Å². The molecule has 25 heavy (non-hydrogen) atoms. The van der Waals surface area contributed by atoms with Gasteiger partial charge in [0.1, 0.15) is 0 Å². The van der Waals surface area contributed by atoms with Crippen molar-refractivity contribution in [2.24, 2.45) is 0 Å². The Hall–Kier alpha value is -1.44. The average Bonchev–Trinajstić information content (AvgIpc) is 3.23. The monoisotopic (exact) mass is 364 g/mol. The third kappa shape index (κ3) is 5.26. The van der Waals surface area contributed by atoms with Gasteiger partial charge < -0.3 is 10.6 Å². The number of carbonyl (C=O) groups is 2. The number of nitrogens with one attached hydrogen (secondary N) is 2. The molecule has 2 amide bonds. The first-order valence-electron chi connectivity index (χ1n) is 9.12. The molecular weight excluding hydrogens is 336 g/mol. The van der Waals surface area contributed by atoms with Gasteiger partial charge in [0, 0.05) is 37.1 Å². The molecule has 1 aliphatic heterocycles. The zero-order valence-corrected chi connectivity index (χ0v) is 15.8. The van der Waals surface area contributed by atoms with E-state index in [4.69, 9.17) is 0 Å². The van der Waals surface area contributed by atoms with Gasteiger partial charge in [-0.2, -0.15) is 0 Å². The Morgan fingerprint density at radius 2 is 1.96 bits per heavy atom. The van der Waals surface area contributed by atoms with Crippen LogP contribution in [-0.2, 0) is 9.59 Å². The molecule has 2 fully saturated rings. The highest BCUT2D eigenvalue weighted by Crippen LogP contribution is 2.19. The average molecular weight is 365 g/mol. The van der Waals surface area contributed by atoms with Gasteiger partial charge in [0.2, 0.25) is 11.8 Å². The van der Waals surface area contributed by atoms with Crippen LogP contribution < -0.4 is 10.6 Å². The van der Waals surface area contributed by atoms with Crippen LogP contribution in [-0.4, -0.2) is 66.4 Å². The van der Waals surface area contributed by atoms with Crippen molar-refractivity contribution in [3.05, 3.63) is 22.4 Å². The number of hydrogen-bond acceptors (Lipinski definition) is 5. The number of thiophene rings is 1. The first-order valence-corrected chi connectivity index (χ1v) is 10.0. The first-order chi connectivity index (χ1) is 12.0. The second-order valence-electron chi connectivity index (χ2n) is 7.08. The molecule has 2 atom stereocenters. The molecule has 2 aliphatic rings. The summed E-state index contributed by atoms with van der Waals surface area (Å²) in [6, 6.07) is 4.42. The highest BCUT2D eigenvalue weighted by atomic mass is 32.1. The molecule has 1 aromatic rings. The van der Waals surface area contributed by atoms with E-state index in [1.807, 2.05) is 31.4 Å². The third-order valence-corrected chi connectivity index (χ3v) is 6.03. The Bertz CT molecular complexity index is 580. The zero-order chi connectivity index (χ0) is 17.8. The smallest absolute Gasteiger partial charge is 0.237 e. The number of hydrogen-bond donors (Lipinski definition) is 2. The van der Waals surface area contributed by atoms with E-state index >= 15 is 0 Å². The fourth-order valence-electron chi connectivity index (χ4n) is 3.12. The van der Waals surface area contributed by atoms with Gasteiger partial charge in [0.15, 0.2) is 0 Å². The minimum Gasteiger partial charge on any atom is -0.352 e. The van der Waals surface area contributed by atoms with Gasteiger partial charge >= 0.3 is 0 Å². The maximum Gasteiger partial charge on any atom is 0.237 e. The van der Waals surface area contributed by atoms with Crippen molar-refractivity contribution in [3.63, 3.8) is 0 Å². The summed E-state index contributed by atoms with van der Waals surface area (Å²) in [6.45, 7) is 7.71. The number of amides is 2. The fraction of sp³-hybridized carbons (Fsp3) is 0.667. The van der Waals surface area contributed by atoms with E-state index in [0.29, 0.717) is 12.6 Å². The SMILES string of the molecule is CC(NC(=O)CN1CCN(C(C)C(=O)NC2CC2)CC1)c1cccs1. The van der Waals surface area contributed by atoms with Crippen LogP contribution in [0.5, 0.6) is 0 Å². The van der Waals surface area contributed by atoms with Crippen LogP contribution in [0.1, 0.15) is 37.6 Å². The predicted octanol–water partition coefficient (Wildman–Crippen LogP) is 1.21. The van der Waals surface area contributed by atoms with E-state index in [1.165, 1.54) is 4.88 Å². The lowest BCUT2D eigenvalue weighted by atomic mass is 10.2. The van der Waals surface area contributed by atoms with Crippen molar-refractivity contribution >= 4 is 23.2 Å². The molecule has 3 rings (SSSR count). The largest absolute Gasteiger partial charge is 0.352 e. The standard InChI is InChI=1S/C18H28N4O2S/c1-13(16-4-3-11-25-16)19-17(23)12-21-7-9-22(10-8-21)14(2)18(24)20-15-5-6-15/h3-4,11,13-15H,5-10,12H2,1-2H3,(H,19,23)(H,20,24). The lowest BCUT2D eigenvalue weighted by molar-refractivity contribution is -0.128. The van der Waals surface area contributed by atoms with Gasteiger partial charge in [-0.15, -0.1) is 11.3 Å². The summed E-state index contributed by atoms with van der Waals surface area (Å²) in [5.41, 5.74) is 0. The molecule has 1 saturated heterocycles. The van der Waals surface area contributed by atoms with E-state index < -0.39 is 0 Å². The maximum atomic E-state index is 12.2. The van der Waals surface area contributed by atoms with E-state index in [0.717, 1.165) is 39.0 Å². The molecule has 0 radical (unpaired) electrons. The van der Waals surface area contributed by atoms with Crippen molar-refractivity contribution < 1.29 is 9.59 Å². The Morgan fingerprint density at radius 3 is 2.56 bits per heavy atom. The lowest BCUT2D eigenvalue weighted by Crippen LogP contribution is -2.55. The molecular formula is C18H28N4O2S. The van der Waals surface area contributed by atoms with Gasteiger partial charge in [-0.25, -0.2) is 0 Å². The highest BCUT2D eigenvalue weighted by molar-refractivity contribution is 7.10. The Morgan fingerprint density at radius 1 is 1.24 bits per heavy atom. The minimum atomic E-state index is -0.0876. The van der Waals surface area contributed by atoms with Crippen LogP contribution in [0.3, 0.4) is 0 Å².